The monoisotopic (exact) mass is 273 g/mol. The first-order chi connectivity index (χ1) is 9.06. The van der Waals surface area contributed by atoms with Crippen LogP contribution in [0.2, 0.25) is 5.02 Å². The molecular weight excluding hydrogens is 262 g/mol. The minimum absolute atomic E-state index is 0.115. The van der Waals surface area contributed by atoms with Crippen molar-refractivity contribution in [2.45, 2.75) is 6.92 Å². The highest BCUT2D eigenvalue weighted by Gasteiger charge is 2.13. The number of H-pyrrole nitrogens is 1. The smallest absolute Gasteiger partial charge is 0.249 e. The van der Waals surface area contributed by atoms with Gasteiger partial charge in [0.2, 0.25) is 5.56 Å². The Morgan fingerprint density at radius 3 is 2.63 bits per heavy atom. The summed E-state index contributed by atoms with van der Waals surface area (Å²) in [6.07, 6.45) is 0. The van der Waals surface area contributed by atoms with Gasteiger partial charge in [0.1, 0.15) is 11.3 Å². The molecule has 0 spiro atoms. The third-order valence-electron chi connectivity index (χ3n) is 3.15. The van der Waals surface area contributed by atoms with Crippen LogP contribution in [0, 0.1) is 6.92 Å². The van der Waals surface area contributed by atoms with Crippen LogP contribution in [-0.4, -0.2) is 14.8 Å². The largest absolute Gasteiger partial charge is 0.307 e. The number of aromatic nitrogens is 3. The first kappa shape index (κ1) is 12.0. The van der Waals surface area contributed by atoms with Crippen LogP contribution in [-0.2, 0) is 7.05 Å². The Hall–Kier alpha value is -2.07. The molecule has 3 rings (SSSR count). The molecule has 0 aliphatic heterocycles. The molecule has 0 saturated heterocycles. The molecule has 0 bridgehead atoms. The Labute approximate surface area is 114 Å². The quantitative estimate of drug-likeness (QED) is 0.741. The lowest BCUT2D eigenvalue weighted by Crippen LogP contribution is -2.06. The summed E-state index contributed by atoms with van der Waals surface area (Å²) in [7, 11) is 1.82. The van der Waals surface area contributed by atoms with Crippen molar-refractivity contribution < 1.29 is 0 Å². The van der Waals surface area contributed by atoms with Gasteiger partial charge in [0.25, 0.3) is 0 Å². The first-order valence-electron chi connectivity index (χ1n) is 5.89. The zero-order valence-corrected chi connectivity index (χ0v) is 11.3. The highest BCUT2D eigenvalue weighted by molar-refractivity contribution is 6.30. The average Bonchev–Trinajstić information content (AvgIpc) is 2.68. The molecule has 0 atom stereocenters. The number of pyridine rings is 1. The van der Waals surface area contributed by atoms with E-state index in [0.717, 1.165) is 27.9 Å². The van der Waals surface area contributed by atoms with Crippen molar-refractivity contribution in [2.24, 2.45) is 7.05 Å². The van der Waals surface area contributed by atoms with Crippen LogP contribution in [0.3, 0.4) is 0 Å². The molecule has 3 aromatic rings. The first-order valence-corrected chi connectivity index (χ1v) is 6.26. The lowest BCUT2D eigenvalue weighted by atomic mass is 10.1. The standard InChI is InChI=1S/C14H12ClN3O/c1-8-7-11(19)16-14-12(8)13(17-18(14)2)9-3-5-10(15)6-4-9/h3-7H,1-2H3,(H,16,19). The Morgan fingerprint density at radius 1 is 1.26 bits per heavy atom. The van der Waals surface area contributed by atoms with Gasteiger partial charge in [-0.15, -0.1) is 0 Å². The summed E-state index contributed by atoms with van der Waals surface area (Å²) in [5, 5.41) is 6.15. The lowest BCUT2D eigenvalue weighted by molar-refractivity contribution is 0.788. The molecule has 0 aliphatic carbocycles. The van der Waals surface area contributed by atoms with Crippen LogP contribution in [0.4, 0.5) is 0 Å². The Bertz CT molecular complexity index is 815. The summed E-state index contributed by atoms with van der Waals surface area (Å²) in [4.78, 5) is 14.4. The topological polar surface area (TPSA) is 50.7 Å². The number of hydrogen-bond donors (Lipinski definition) is 1. The van der Waals surface area contributed by atoms with Crippen molar-refractivity contribution in [2.75, 3.05) is 0 Å². The van der Waals surface area contributed by atoms with Gasteiger partial charge in [-0.2, -0.15) is 5.10 Å². The van der Waals surface area contributed by atoms with Crippen LogP contribution in [0.5, 0.6) is 0 Å². The van der Waals surface area contributed by atoms with Gasteiger partial charge in [0, 0.05) is 29.1 Å². The van der Waals surface area contributed by atoms with Crippen LogP contribution in [0.25, 0.3) is 22.3 Å². The van der Waals surface area contributed by atoms with E-state index in [9.17, 15) is 4.79 Å². The van der Waals surface area contributed by atoms with Gasteiger partial charge in [-0.25, -0.2) is 0 Å². The van der Waals surface area contributed by atoms with Gasteiger partial charge in [0.15, 0.2) is 0 Å². The number of nitrogens with one attached hydrogen (secondary N) is 1. The predicted molar refractivity (Wildman–Crippen MR) is 76.5 cm³/mol. The van der Waals surface area contributed by atoms with Gasteiger partial charge in [-0.1, -0.05) is 23.7 Å². The van der Waals surface area contributed by atoms with E-state index in [2.05, 4.69) is 10.1 Å². The minimum Gasteiger partial charge on any atom is -0.307 e. The van der Waals surface area contributed by atoms with Crippen molar-refractivity contribution in [1.82, 2.24) is 14.8 Å². The molecule has 5 heteroatoms. The molecule has 2 aromatic heterocycles. The van der Waals surface area contributed by atoms with Crippen LogP contribution in [0.1, 0.15) is 5.56 Å². The molecule has 0 saturated carbocycles. The zero-order valence-electron chi connectivity index (χ0n) is 10.6. The highest BCUT2D eigenvalue weighted by atomic mass is 35.5. The second-order valence-electron chi connectivity index (χ2n) is 4.52. The molecule has 0 radical (unpaired) electrons. The number of halogens is 1. The second kappa shape index (κ2) is 4.24. The third-order valence-corrected chi connectivity index (χ3v) is 3.40. The number of aromatic amines is 1. The molecule has 19 heavy (non-hydrogen) atoms. The van der Waals surface area contributed by atoms with Gasteiger partial charge in [-0.3, -0.25) is 9.48 Å². The lowest BCUT2D eigenvalue weighted by Gasteiger charge is -2.00. The summed E-state index contributed by atoms with van der Waals surface area (Å²) in [5.74, 6) is 0. The van der Waals surface area contributed by atoms with Crippen LogP contribution in [0.15, 0.2) is 35.1 Å². The average molecular weight is 274 g/mol. The molecule has 1 aromatic carbocycles. The Balaban J connectivity index is 2.36. The van der Waals surface area contributed by atoms with E-state index >= 15 is 0 Å². The maximum absolute atomic E-state index is 11.5. The fourth-order valence-corrected chi connectivity index (χ4v) is 2.40. The molecular formula is C14H12ClN3O. The van der Waals surface area contributed by atoms with Crippen molar-refractivity contribution in [3.63, 3.8) is 0 Å². The fraction of sp³-hybridized carbons (Fsp3) is 0.143. The molecule has 2 heterocycles. The van der Waals surface area contributed by atoms with E-state index in [1.807, 2.05) is 38.2 Å². The van der Waals surface area contributed by atoms with Crippen LogP contribution >= 0.6 is 11.6 Å². The summed E-state index contributed by atoms with van der Waals surface area (Å²) < 4.78 is 1.69. The predicted octanol–water partition coefficient (Wildman–Crippen LogP) is 2.89. The van der Waals surface area contributed by atoms with E-state index < -0.39 is 0 Å². The highest BCUT2D eigenvalue weighted by Crippen LogP contribution is 2.28. The number of aryl methyl sites for hydroxylation is 2. The van der Waals surface area contributed by atoms with Crippen LogP contribution < -0.4 is 5.56 Å². The zero-order chi connectivity index (χ0) is 13.6. The molecule has 96 valence electrons. The van der Waals surface area contributed by atoms with Crippen molar-refractivity contribution >= 4 is 22.6 Å². The number of fused-ring (bicyclic) bond motifs is 1. The minimum atomic E-state index is -0.115. The second-order valence-corrected chi connectivity index (χ2v) is 4.96. The fourth-order valence-electron chi connectivity index (χ4n) is 2.27. The van der Waals surface area contributed by atoms with Gasteiger partial charge >= 0.3 is 0 Å². The number of hydrogen-bond acceptors (Lipinski definition) is 2. The number of nitrogens with zero attached hydrogens (tertiary/aromatic N) is 2. The van der Waals surface area contributed by atoms with Gasteiger partial charge < -0.3 is 4.98 Å². The molecule has 4 nitrogen and oxygen atoms in total. The maximum atomic E-state index is 11.5. The maximum Gasteiger partial charge on any atom is 0.249 e. The van der Waals surface area contributed by atoms with E-state index in [-0.39, 0.29) is 5.56 Å². The van der Waals surface area contributed by atoms with E-state index in [4.69, 9.17) is 11.6 Å². The summed E-state index contributed by atoms with van der Waals surface area (Å²) in [6.45, 7) is 1.92. The third kappa shape index (κ3) is 1.94. The molecule has 0 unspecified atom stereocenters. The van der Waals surface area contributed by atoms with Gasteiger partial charge in [0.05, 0.1) is 0 Å². The molecule has 0 aliphatic rings. The van der Waals surface area contributed by atoms with Crippen molar-refractivity contribution in [1.29, 1.82) is 0 Å². The summed E-state index contributed by atoms with van der Waals surface area (Å²) >= 11 is 5.90. The van der Waals surface area contributed by atoms with E-state index in [1.165, 1.54) is 0 Å². The Kier molecular flexibility index (Phi) is 2.68. The van der Waals surface area contributed by atoms with Crippen molar-refractivity contribution in [3.8, 4) is 11.3 Å². The molecule has 1 N–H and O–H groups in total. The molecule has 0 fully saturated rings. The summed E-state index contributed by atoms with van der Waals surface area (Å²) in [6, 6.07) is 9.10. The van der Waals surface area contributed by atoms with E-state index in [1.54, 1.807) is 10.7 Å². The number of benzene rings is 1. The SMILES string of the molecule is Cc1cc(=O)[nH]c2c1c(-c1ccc(Cl)cc1)nn2C. The number of rotatable bonds is 1. The summed E-state index contributed by atoms with van der Waals surface area (Å²) in [5.41, 5.74) is 3.36. The normalized spacial score (nSPS) is 11.1. The Morgan fingerprint density at radius 2 is 1.95 bits per heavy atom. The molecule has 0 amide bonds. The van der Waals surface area contributed by atoms with Gasteiger partial charge in [-0.05, 0) is 24.6 Å². The van der Waals surface area contributed by atoms with Crippen molar-refractivity contribution in [3.05, 3.63) is 51.3 Å². The van der Waals surface area contributed by atoms with E-state index in [0.29, 0.717) is 5.02 Å².